The Morgan fingerprint density at radius 1 is 1.09 bits per heavy atom. The molecule has 13 nitrogen and oxygen atoms in total. The summed E-state index contributed by atoms with van der Waals surface area (Å²) in [6, 6.07) is 15.2. The lowest BCUT2D eigenvalue weighted by atomic mass is 10.1. The van der Waals surface area contributed by atoms with Gasteiger partial charge in [0.05, 0.1) is 26.2 Å². The van der Waals surface area contributed by atoms with Crippen LogP contribution >= 0.6 is 11.6 Å². The standard InChI is InChI=1S/C27H30ClN7O4.C3H3F3O2/c1-3-34-20-11-18(12-22(37)39-15-17-7-5-4-6-8-17)9-10-19(20)35(14-16(2)36)21(34)13-31-27(38)23-25(29)33-26(30)24(28)32-23;1-8-2(7)3(4,5)6/h4-11,16,36H,3,12-15H2,1-2H3,(H4-,29,30,31,33,38);1H3/p+1. The Morgan fingerprint density at radius 2 is 1.77 bits per heavy atom. The lowest BCUT2D eigenvalue weighted by molar-refractivity contribution is -0.686. The molecular weight excluding hydrogens is 647 g/mol. The number of imidazole rings is 1. The van der Waals surface area contributed by atoms with E-state index in [4.69, 9.17) is 27.8 Å². The average Bonchev–Trinajstić information content (AvgIpc) is 3.31. The molecule has 6 N–H and O–H groups in total. The number of aliphatic hydroxyl groups is 1. The van der Waals surface area contributed by atoms with Crippen molar-refractivity contribution in [1.82, 2.24) is 19.9 Å². The highest BCUT2D eigenvalue weighted by Gasteiger charge is 2.40. The van der Waals surface area contributed by atoms with E-state index < -0.39 is 24.2 Å². The first-order valence-corrected chi connectivity index (χ1v) is 14.5. The van der Waals surface area contributed by atoms with Gasteiger partial charge in [-0.25, -0.2) is 23.9 Å². The second-order valence-electron chi connectivity index (χ2n) is 10.1. The van der Waals surface area contributed by atoms with Gasteiger partial charge in [-0.3, -0.25) is 9.59 Å². The molecule has 0 aliphatic heterocycles. The number of nitrogens with one attached hydrogen (secondary N) is 1. The van der Waals surface area contributed by atoms with Crippen LogP contribution < -0.4 is 21.4 Å². The van der Waals surface area contributed by atoms with Crippen molar-refractivity contribution in [3.8, 4) is 0 Å². The number of nitrogen functional groups attached to an aromatic ring is 2. The molecule has 0 saturated heterocycles. The molecule has 4 aromatic rings. The fourth-order valence-corrected chi connectivity index (χ4v) is 4.61. The Hall–Kier alpha value is -4.96. The number of benzene rings is 2. The normalized spacial score (nSPS) is 11.7. The minimum atomic E-state index is -4.85. The van der Waals surface area contributed by atoms with Gasteiger partial charge in [-0.05, 0) is 37.1 Å². The highest BCUT2D eigenvalue weighted by molar-refractivity contribution is 6.31. The van der Waals surface area contributed by atoms with Gasteiger partial charge < -0.3 is 31.4 Å². The van der Waals surface area contributed by atoms with Gasteiger partial charge in [-0.1, -0.05) is 48.0 Å². The van der Waals surface area contributed by atoms with Crippen molar-refractivity contribution < 1.29 is 46.7 Å². The lowest BCUT2D eigenvalue weighted by Gasteiger charge is -2.09. The van der Waals surface area contributed by atoms with Crippen LogP contribution in [0.4, 0.5) is 24.8 Å². The van der Waals surface area contributed by atoms with Crippen LogP contribution in [-0.2, 0) is 51.7 Å². The molecule has 1 amide bonds. The maximum Gasteiger partial charge on any atom is 0.490 e. The summed E-state index contributed by atoms with van der Waals surface area (Å²) in [6.07, 6.45) is -5.39. The Labute approximate surface area is 272 Å². The van der Waals surface area contributed by atoms with Gasteiger partial charge in [0, 0.05) is 0 Å². The Bertz CT molecular complexity index is 1730. The van der Waals surface area contributed by atoms with Gasteiger partial charge >= 0.3 is 18.1 Å². The van der Waals surface area contributed by atoms with Gasteiger partial charge in [0.25, 0.3) is 11.7 Å². The zero-order chi connectivity index (χ0) is 34.9. The number of aliphatic hydroxyl groups excluding tert-OH is 1. The van der Waals surface area contributed by atoms with Crippen molar-refractivity contribution in [1.29, 1.82) is 0 Å². The van der Waals surface area contributed by atoms with Gasteiger partial charge in [0.2, 0.25) is 0 Å². The van der Waals surface area contributed by atoms with Gasteiger partial charge in [0.1, 0.15) is 19.7 Å². The summed E-state index contributed by atoms with van der Waals surface area (Å²) in [6.45, 7) is 4.84. The van der Waals surface area contributed by atoms with Crippen molar-refractivity contribution in [3.63, 3.8) is 0 Å². The number of alkyl halides is 3. The molecule has 0 aliphatic carbocycles. The van der Waals surface area contributed by atoms with Crippen molar-refractivity contribution in [2.75, 3.05) is 18.6 Å². The van der Waals surface area contributed by atoms with Crippen LogP contribution in [0, 0.1) is 0 Å². The predicted molar refractivity (Wildman–Crippen MR) is 165 cm³/mol. The number of nitrogens with two attached hydrogens (primary N) is 2. The number of halogens is 4. The quantitative estimate of drug-likeness (QED) is 0.143. The number of esters is 2. The molecule has 0 radical (unpaired) electrons. The molecule has 0 bridgehead atoms. The molecule has 0 fully saturated rings. The number of anilines is 2. The first kappa shape index (κ1) is 36.5. The van der Waals surface area contributed by atoms with E-state index in [9.17, 15) is 32.7 Å². The second kappa shape index (κ2) is 16.0. The number of hydrogen-bond acceptors (Lipinski definition) is 10. The van der Waals surface area contributed by atoms with E-state index in [0.717, 1.165) is 28.0 Å². The van der Waals surface area contributed by atoms with Crippen LogP contribution in [-0.4, -0.2) is 56.9 Å². The SMILES string of the molecule is CCn1c(CNC(=O)c2nc(Cl)c(N)nc2N)[n+](CC(C)O)c2ccc(CC(=O)OCc3ccccc3)cc21.COC(=O)C(F)(F)F. The summed E-state index contributed by atoms with van der Waals surface area (Å²) < 4.78 is 45.7. The fourth-order valence-electron chi connectivity index (χ4n) is 4.48. The minimum Gasteiger partial charge on any atom is -0.462 e. The lowest BCUT2D eigenvalue weighted by Crippen LogP contribution is -2.44. The van der Waals surface area contributed by atoms with E-state index >= 15 is 0 Å². The van der Waals surface area contributed by atoms with Gasteiger partial charge in [-0.15, -0.1) is 0 Å². The number of fused-ring (bicyclic) bond motifs is 1. The minimum absolute atomic E-state index is 0.0636. The number of methoxy groups -OCH3 is 1. The molecule has 0 spiro atoms. The van der Waals surface area contributed by atoms with Crippen LogP contribution in [0.15, 0.2) is 48.5 Å². The largest absolute Gasteiger partial charge is 0.490 e. The van der Waals surface area contributed by atoms with Crippen molar-refractivity contribution in [2.24, 2.45) is 0 Å². The third-order valence-corrected chi connectivity index (χ3v) is 6.82. The van der Waals surface area contributed by atoms with E-state index in [1.165, 1.54) is 0 Å². The molecule has 0 aliphatic rings. The van der Waals surface area contributed by atoms with E-state index in [-0.39, 0.29) is 48.0 Å². The topological polar surface area (TPSA) is 189 Å². The summed E-state index contributed by atoms with van der Waals surface area (Å²) in [5.74, 6) is -2.54. The number of rotatable bonds is 10. The molecule has 47 heavy (non-hydrogen) atoms. The van der Waals surface area contributed by atoms with E-state index in [2.05, 4.69) is 20.0 Å². The molecule has 4 rings (SSSR count). The van der Waals surface area contributed by atoms with Gasteiger partial charge in [-0.2, -0.15) is 13.2 Å². The first-order chi connectivity index (χ1) is 22.2. The van der Waals surface area contributed by atoms with Crippen LogP contribution in [0.25, 0.3) is 11.0 Å². The summed E-state index contributed by atoms with van der Waals surface area (Å²) in [7, 11) is 0.676. The van der Waals surface area contributed by atoms with Gasteiger partial charge in [0.15, 0.2) is 33.5 Å². The number of hydrogen-bond donors (Lipinski definition) is 4. The number of ether oxygens (including phenoxy) is 2. The highest BCUT2D eigenvalue weighted by Crippen LogP contribution is 2.20. The number of aromatic nitrogens is 4. The Balaban J connectivity index is 0.000000665. The molecule has 1 atom stereocenters. The number of amides is 1. The molecule has 2 heterocycles. The maximum absolute atomic E-state index is 12.9. The summed E-state index contributed by atoms with van der Waals surface area (Å²) in [5, 5.41) is 12.9. The van der Waals surface area contributed by atoms with E-state index in [0.29, 0.717) is 20.2 Å². The Morgan fingerprint density at radius 3 is 2.34 bits per heavy atom. The molecule has 17 heteroatoms. The number of nitrogens with zero attached hydrogens (tertiary/aromatic N) is 4. The zero-order valence-electron chi connectivity index (χ0n) is 25.7. The number of aryl methyl sites for hydroxylation is 1. The monoisotopic (exact) mass is 680 g/mol. The van der Waals surface area contributed by atoms with Crippen molar-refractivity contribution >= 4 is 52.1 Å². The number of carbonyl (C=O) groups is 3. The smallest absolute Gasteiger partial charge is 0.462 e. The molecule has 2 aromatic heterocycles. The highest BCUT2D eigenvalue weighted by atomic mass is 35.5. The molecule has 2 aromatic carbocycles. The second-order valence-corrected chi connectivity index (χ2v) is 10.4. The van der Waals surface area contributed by atoms with Crippen LogP contribution in [0.3, 0.4) is 0 Å². The van der Waals surface area contributed by atoms with Crippen LogP contribution in [0.1, 0.15) is 41.3 Å². The van der Waals surface area contributed by atoms with E-state index in [1.807, 2.05) is 64.6 Å². The van der Waals surface area contributed by atoms with E-state index in [1.54, 1.807) is 6.92 Å². The average molecular weight is 681 g/mol. The molecule has 1 unspecified atom stereocenters. The molecular formula is C30H34ClF3N7O6+. The molecule has 0 saturated carbocycles. The fraction of sp³-hybridized carbons (Fsp3) is 0.333. The Kier molecular flexibility index (Phi) is 12.5. The van der Waals surface area contributed by atoms with Crippen LogP contribution in [0.2, 0.25) is 5.15 Å². The summed E-state index contributed by atoms with van der Waals surface area (Å²) in [4.78, 5) is 42.7. The van der Waals surface area contributed by atoms with Crippen molar-refractivity contribution in [2.45, 2.75) is 58.8 Å². The predicted octanol–water partition coefficient (Wildman–Crippen LogP) is 2.87. The summed E-state index contributed by atoms with van der Waals surface area (Å²) in [5.41, 5.74) is 14.7. The molecule has 252 valence electrons. The third kappa shape index (κ3) is 9.76. The first-order valence-electron chi connectivity index (χ1n) is 14.1. The zero-order valence-corrected chi connectivity index (χ0v) is 26.4. The maximum atomic E-state index is 12.9. The summed E-state index contributed by atoms with van der Waals surface area (Å²) >= 11 is 5.93. The third-order valence-electron chi connectivity index (χ3n) is 6.54. The van der Waals surface area contributed by atoms with Crippen LogP contribution in [0.5, 0.6) is 0 Å². The number of carbonyl (C=O) groups excluding carboxylic acids is 3. The van der Waals surface area contributed by atoms with Crippen molar-refractivity contribution in [3.05, 3.63) is 76.3 Å².